The minimum Gasteiger partial charge on any atom is -0.423 e. The number of hydrogen-bond donors (Lipinski definition) is 2. The predicted octanol–water partition coefficient (Wildman–Crippen LogP) is -0.0137. The first kappa shape index (κ1) is 11.6. The van der Waals surface area contributed by atoms with Crippen molar-refractivity contribution in [3.8, 4) is 0 Å². The average molecular weight is 221 g/mol. The van der Waals surface area contributed by atoms with Crippen LogP contribution in [0.5, 0.6) is 0 Å². The second kappa shape index (κ2) is 4.97. The third-order valence-corrected chi connectivity index (χ3v) is 2.86. The summed E-state index contributed by atoms with van der Waals surface area (Å²) >= 11 is 0. The molecule has 0 fully saturated rings. The lowest BCUT2D eigenvalue weighted by Crippen LogP contribution is -2.35. The molecule has 1 aromatic carbocycles. The van der Waals surface area contributed by atoms with Gasteiger partial charge < -0.3 is 14.4 Å². The number of benzene rings is 1. The number of ether oxygens (including phenoxy) is 1. The van der Waals surface area contributed by atoms with Crippen molar-refractivity contribution in [2.24, 2.45) is 0 Å². The van der Waals surface area contributed by atoms with Crippen molar-refractivity contribution >= 4 is 12.6 Å². The van der Waals surface area contributed by atoms with E-state index in [1.165, 1.54) is 0 Å². The highest BCUT2D eigenvalue weighted by atomic mass is 16.5. The molecule has 2 rings (SSSR count). The van der Waals surface area contributed by atoms with E-state index in [0.29, 0.717) is 13.2 Å². The Kier molecular flexibility index (Phi) is 3.61. The van der Waals surface area contributed by atoms with Gasteiger partial charge in [0.15, 0.2) is 0 Å². The number of hydrogen-bond acceptors (Lipinski definition) is 4. The molecular weight excluding hydrogens is 205 g/mol. The van der Waals surface area contributed by atoms with Gasteiger partial charge in [0.05, 0.1) is 6.61 Å². The molecule has 0 spiro atoms. The van der Waals surface area contributed by atoms with Crippen LogP contribution in [0.25, 0.3) is 0 Å². The molecule has 0 saturated carbocycles. The maximum atomic E-state index is 9.70. The number of nitrogens with one attached hydrogen (secondary N) is 1. The first-order valence-corrected chi connectivity index (χ1v) is 5.39. The third kappa shape index (κ3) is 2.27. The molecular formula is C11H16BNO3. The molecule has 4 nitrogen and oxygen atoms in total. The van der Waals surface area contributed by atoms with Crippen molar-refractivity contribution < 1.29 is 14.4 Å². The summed E-state index contributed by atoms with van der Waals surface area (Å²) in [5.74, 6) is 0. The Bertz CT molecular complexity index is 372. The highest BCUT2D eigenvalue weighted by Crippen LogP contribution is 2.12. The Morgan fingerprint density at radius 1 is 1.62 bits per heavy atom. The molecule has 2 N–H and O–H groups in total. The molecule has 16 heavy (non-hydrogen) atoms. The van der Waals surface area contributed by atoms with Gasteiger partial charge in [-0.2, -0.15) is 0 Å². The standard InChI is InChI=1S/C11H16BNO3/c1-8(15-2)13-6-9-4-3-5-10-7-16-12(14)11(9)10/h3-5,8,13-14H,6-7H2,1-2H3. The van der Waals surface area contributed by atoms with Crippen molar-refractivity contribution in [3.05, 3.63) is 29.3 Å². The second-order valence-electron chi connectivity index (χ2n) is 3.91. The van der Waals surface area contributed by atoms with Crippen molar-refractivity contribution in [2.45, 2.75) is 26.3 Å². The Labute approximate surface area is 95.7 Å². The number of rotatable bonds is 4. The highest BCUT2D eigenvalue weighted by molar-refractivity contribution is 6.62. The molecule has 86 valence electrons. The summed E-state index contributed by atoms with van der Waals surface area (Å²) in [7, 11) is 0.872. The number of fused-ring (bicyclic) bond motifs is 1. The van der Waals surface area contributed by atoms with Gasteiger partial charge in [0, 0.05) is 13.7 Å². The molecule has 1 aliphatic rings. The van der Waals surface area contributed by atoms with Gasteiger partial charge >= 0.3 is 7.12 Å². The summed E-state index contributed by atoms with van der Waals surface area (Å²) in [6.07, 6.45) is -0.00433. The zero-order valence-electron chi connectivity index (χ0n) is 9.56. The Balaban J connectivity index is 2.13. The van der Waals surface area contributed by atoms with Gasteiger partial charge in [-0.25, -0.2) is 0 Å². The van der Waals surface area contributed by atoms with E-state index in [1.54, 1.807) is 7.11 Å². The molecule has 1 heterocycles. The predicted molar refractivity (Wildman–Crippen MR) is 62.1 cm³/mol. The number of methoxy groups -OCH3 is 1. The van der Waals surface area contributed by atoms with E-state index in [9.17, 15) is 5.02 Å². The minimum atomic E-state index is -0.786. The summed E-state index contributed by atoms with van der Waals surface area (Å²) in [6, 6.07) is 5.95. The van der Waals surface area contributed by atoms with Crippen LogP contribution in [-0.2, 0) is 22.5 Å². The fourth-order valence-electron chi connectivity index (χ4n) is 1.85. The topological polar surface area (TPSA) is 50.7 Å². The summed E-state index contributed by atoms with van der Waals surface area (Å²) in [4.78, 5) is 0. The molecule has 0 radical (unpaired) electrons. The molecule has 0 aromatic heterocycles. The molecule has 1 atom stereocenters. The van der Waals surface area contributed by atoms with Gasteiger partial charge in [-0.15, -0.1) is 0 Å². The van der Waals surface area contributed by atoms with Crippen LogP contribution in [0.4, 0.5) is 0 Å². The first-order chi connectivity index (χ1) is 7.72. The molecule has 0 aliphatic carbocycles. The first-order valence-electron chi connectivity index (χ1n) is 5.39. The lowest BCUT2D eigenvalue weighted by molar-refractivity contribution is 0.0880. The normalized spacial score (nSPS) is 16.3. The van der Waals surface area contributed by atoms with Crippen LogP contribution in [0.2, 0.25) is 0 Å². The molecule has 1 unspecified atom stereocenters. The van der Waals surface area contributed by atoms with E-state index in [4.69, 9.17) is 9.39 Å². The molecule has 0 amide bonds. The zero-order chi connectivity index (χ0) is 11.5. The summed E-state index contributed by atoms with van der Waals surface area (Å²) < 4.78 is 10.3. The van der Waals surface area contributed by atoms with Gasteiger partial charge in [0.1, 0.15) is 6.23 Å². The molecule has 1 aromatic rings. The van der Waals surface area contributed by atoms with Gasteiger partial charge in [-0.3, -0.25) is 5.32 Å². The van der Waals surface area contributed by atoms with Crippen LogP contribution in [0.1, 0.15) is 18.1 Å². The summed E-state index contributed by atoms with van der Waals surface area (Å²) in [6.45, 7) is 3.10. The average Bonchev–Trinajstić information content (AvgIpc) is 2.69. The highest BCUT2D eigenvalue weighted by Gasteiger charge is 2.29. The smallest absolute Gasteiger partial charge is 0.423 e. The largest absolute Gasteiger partial charge is 0.492 e. The third-order valence-electron chi connectivity index (χ3n) is 2.86. The Morgan fingerprint density at radius 2 is 2.44 bits per heavy atom. The second-order valence-corrected chi connectivity index (χ2v) is 3.91. The monoisotopic (exact) mass is 221 g/mol. The SMILES string of the molecule is COC(C)NCc1cccc2c1B(O)OC2. The van der Waals surface area contributed by atoms with Crippen LogP contribution in [0.3, 0.4) is 0 Å². The van der Waals surface area contributed by atoms with E-state index >= 15 is 0 Å². The van der Waals surface area contributed by atoms with Crippen LogP contribution >= 0.6 is 0 Å². The fraction of sp³-hybridized carbons (Fsp3) is 0.455. The van der Waals surface area contributed by atoms with Crippen molar-refractivity contribution in [1.29, 1.82) is 0 Å². The minimum absolute atomic E-state index is 0.00433. The summed E-state index contributed by atoms with van der Waals surface area (Å²) in [5.41, 5.74) is 3.03. The van der Waals surface area contributed by atoms with E-state index in [2.05, 4.69) is 5.32 Å². The van der Waals surface area contributed by atoms with E-state index in [1.807, 2.05) is 25.1 Å². The van der Waals surface area contributed by atoms with Crippen LogP contribution < -0.4 is 10.8 Å². The van der Waals surface area contributed by atoms with Crippen LogP contribution in [0.15, 0.2) is 18.2 Å². The zero-order valence-corrected chi connectivity index (χ0v) is 9.56. The maximum Gasteiger partial charge on any atom is 0.492 e. The molecule has 1 aliphatic heterocycles. The fourth-order valence-corrected chi connectivity index (χ4v) is 1.85. The molecule has 5 heteroatoms. The lowest BCUT2D eigenvalue weighted by Gasteiger charge is -2.14. The molecule has 0 saturated heterocycles. The van der Waals surface area contributed by atoms with Crippen molar-refractivity contribution in [3.63, 3.8) is 0 Å². The van der Waals surface area contributed by atoms with Crippen molar-refractivity contribution in [2.75, 3.05) is 7.11 Å². The van der Waals surface area contributed by atoms with Crippen LogP contribution in [0, 0.1) is 0 Å². The van der Waals surface area contributed by atoms with Crippen molar-refractivity contribution in [1.82, 2.24) is 5.32 Å². The van der Waals surface area contributed by atoms with E-state index in [-0.39, 0.29) is 6.23 Å². The van der Waals surface area contributed by atoms with Gasteiger partial charge in [0.2, 0.25) is 0 Å². The lowest BCUT2D eigenvalue weighted by atomic mass is 9.76. The van der Waals surface area contributed by atoms with Gasteiger partial charge in [-0.05, 0) is 23.5 Å². The Hall–Kier alpha value is -0.875. The van der Waals surface area contributed by atoms with Crippen LogP contribution in [-0.4, -0.2) is 25.5 Å². The van der Waals surface area contributed by atoms with Gasteiger partial charge in [-0.1, -0.05) is 18.2 Å². The van der Waals surface area contributed by atoms with E-state index < -0.39 is 7.12 Å². The quantitative estimate of drug-likeness (QED) is 0.554. The Morgan fingerprint density at radius 3 is 3.19 bits per heavy atom. The summed E-state index contributed by atoms with van der Waals surface area (Å²) in [5, 5.41) is 12.9. The van der Waals surface area contributed by atoms with E-state index in [0.717, 1.165) is 16.6 Å². The maximum absolute atomic E-state index is 9.70. The molecule has 0 bridgehead atoms. The van der Waals surface area contributed by atoms with Gasteiger partial charge in [0.25, 0.3) is 0 Å².